The molecule has 14 heteroatoms. The minimum Gasteiger partial charge on any atom is -0.422 e. The van der Waals surface area contributed by atoms with Gasteiger partial charge in [-0.15, -0.1) is 4.20 Å². The van der Waals surface area contributed by atoms with Crippen molar-refractivity contribution < 1.29 is 34.8 Å². The number of hydrogen-bond donors (Lipinski definition) is 2. The lowest BCUT2D eigenvalue weighted by molar-refractivity contribution is -0.137. The molecule has 0 saturated carbocycles. The maximum absolute atomic E-state index is 14.5. The highest BCUT2D eigenvalue weighted by molar-refractivity contribution is 7.83. The summed E-state index contributed by atoms with van der Waals surface area (Å²) in [5.41, 5.74) is -1.09. The Morgan fingerprint density at radius 1 is 1.39 bits per heavy atom. The lowest BCUT2D eigenvalue weighted by Gasteiger charge is -2.24. The fraction of sp³-hybridized carbons (Fsp3) is 0.333. The zero-order chi connectivity index (χ0) is 17.3. The third-order valence-electron chi connectivity index (χ3n) is 2.34. The van der Waals surface area contributed by atoms with Gasteiger partial charge in [-0.2, -0.15) is 26.7 Å². The van der Waals surface area contributed by atoms with E-state index in [1.807, 2.05) is 0 Å². The molecule has 5 nitrogen and oxygen atoms in total. The highest BCUT2D eigenvalue weighted by Gasteiger charge is 2.56. The Kier molecular flexibility index (Phi) is 5.61. The molecule has 2 N–H and O–H groups in total. The molecule has 1 aromatic rings. The monoisotopic (exact) mass is 400 g/mol. The van der Waals surface area contributed by atoms with Crippen molar-refractivity contribution in [3.05, 3.63) is 29.8 Å². The molecule has 0 aromatic heterocycles. The standard InChI is InChI=1S/C9H11F6N3O2P3/c1-2-19-22(14)16-21(13)17-23(15,18-22)20-8-5-3-4-7(6-8)9(10,11)12/h3-6,16-17H,2H2,1H3/q+1. The lowest BCUT2D eigenvalue weighted by Crippen LogP contribution is -2.20. The van der Waals surface area contributed by atoms with Crippen LogP contribution in [0.25, 0.3) is 0 Å². The third-order valence-corrected chi connectivity index (χ3v) is 8.61. The molecule has 0 aliphatic carbocycles. The Balaban J connectivity index is 2.32. The number of benzene rings is 1. The first-order valence-electron chi connectivity index (χ1n) is 6.00. The Labute approximate surface area is 129 Å². The minimum absolute atomic E-state index is 0.201. The summed E-state index contributed by atoms with van der Waals surface area (Å²) in [5, 5.41) is 0. The van der Waals surface area contributed by atoms with Gasteiger partial charge in [0, 0.05) is 8.71 Å². The first-order valence-corrected chi connectivity index (χ1v) is 10.3. The van der Waals surface area contributed by atoms with E-state index in [2.05, 4.69) is 9.04 Å². The van der Waals surface area contributed by atoms with Crippen molar-refractivity contribution in [1.29, 1.82) is 0 Å². The topological polar surface area (TPSA) is 54.9 Å². The van der Waals surface area contributed by atoms with E-state index in [0.717, 1.165) is 18.2 Å². The predicted molar refractivity (Wildman–Crippen MR) is 76.5 cm³/mol. The first kappa shape index (κ1) is 18.9. The molecule has 23 heavy (non-hydrogen) atoms. The van der Waals surface area contributed by atoms with Crippen LogP contribution in [0.15, 0.2) is 28.8 Å². The Hall–Kier alpha value is -0.430. The van der Waals surface area contributed by atoms with Gasteiger partial charge in [0.2, 0.25) is 0 Å². The van der Waals surface area contributed by atoms with Gasteiger partial charge in [0.05, 0.1) is 12.2 Å². The minimum atomic E-state index is -4.72. The van der Waals surface area contributed by atoms with E-state index in [1.54, 1.807) is 9.72 Å². The van der Waals surface area contributed by atoms with Gasteiger partial charge in [0.15, 0.2) is 0 Å². The summed E-state index contributed by atoms with van der Waals surface area (Å²) in [6, 6.07) is 3.26. The molecular weight excluding hydrogens is 389 g/mol. The molecule has 0 amide bonds. The molecule has 1 aromatic carbocycles. The van der Waals surface area contributed by atoms with Crippen molar-refractivity contribution in [3.63, 3.8) is 0 Å². The van der Waals surface area contributed by atoms with Crippen molar-refractivity contribution >= 4 is 24.4 Å². The van der Waals surface area contributed by atoms with Crippen molar-refractivity contribution in [3.8, 4) is 5.75 Å². The van der Waals surface area contributed by atoms with E-state index in [1.165, 1.54) is 6.92 Å². The van der Waals surface area contributed by atoms with Crippen LogP contribution in [0.2, 0.25) is 0 Å². The smallest absolute Gasteiger partial charge is 0.422 e. The van der Waals surface area contributed by atoms with Gasteiger partial charge >= 0.3 is 22.0 Å². The highest BCUT2D eigenvalue weighted by Crippen LogP contribution is 2.76. The summed E-state index contributed by atoms with van der Waals surface area (Å²) in [5.74, 6) is -0.555. The van der Waals surface area contributed by atoms with Gasteiger partial charge in [-0.25, -0.2) is 0 Å². The molecule has 0 bridgehead atoms. The fourth-order valence-corrected chi connectivity index (χ4v) is 7.58. The van der Waals surface area contributed by atoms with Crippen LogP contribution < -0.4 is 14.2 Å². The van der Waals surface area contributed by atoms with Crippen molar-refractivity contribution in [2.45, 2.75) is 13.1 Å². The number of nitrogens with zero attached hydrogens (tertiary/aromatic N) is 1. The molecule has 1 aliphatic rings. The van der Waals surface area contributed by atoms with E-state index in [4.69, 9.17) is 4.52 Å². The third kappa shape index (κ3) is 5.02. The second-order valence-electron chi connectivity index (χ2n) is 4.11. The molecule has 3 atom stereocenters. The molecule has 2 rings (SSSR count). The van der Waals surface area contributed by atoms with Crippen LogP contribution in [-0.4, -0.2) is 6.61 Å². The van der Waals surface area contributed by atoms with Crippen molar-refractivity contribution in [2.24, 2.45) is 4.52 Å². The molecule has 1 aliphatic heterocycles. The second-order valence-corrected chi connectivity index (χ2v) is 9.44. The number of rotatable bonds is 4. The fourth-order valence-electron chi connectivity index (χ4n) is 1.56. The average Bonchev–Trinajstić information content (AvgIpc) is 2.35. The second kappa shape index (κ2) is 6.82. The van der Waals surface area contributed by atoms with Crippen LogP contribution in [0.3, 0.4) is 0 Å². The van der Waals surface area contributed by atoms with E-state index < -0.39 is 41.9 Å². The molecule has 0 fully saturated rings. The van der Waals surface area contributed by atoms with Gasteiger partial charge in [-0.1, -0.05) is 6.07 Å². The molecule has 1 heterocycles. The van der Waals surface area contributed by atoms with Gasteiger partial charge < -0.3 is 4.52 Å². The quantitative estimate of drug-likeness (QED) is 0.476. The van der Waals surface area contributed by atoms with Gasteiger partial charge in [-0.3, -0.25) is 0 Å². The Bertz CT molecular complexity index is 633. The van der Waals surface area contributed by atoms with E-state index in [0.29, 0.717) is 6.07 Å². The predicted octanol–water partition coefficient (Wildman–Crippen LogP) is 6.07. The van der Waals surface area contributed by atoms with Gasteiger partial charge in [0.25, 0.3) is 8.53 Å². The SMILES string of the molecule is CCO[P+]1(F)N=P(F)(Oc2cccc(C(F)(F)F)c2)NP(F)N1. The van der Waals surface area contributed by atoms with E-state index in [9.17, 15) is 25.8 Å². The van der Waals surface area contributed by atoms with Crippen LogP contribution >= 0.6 is 24.4 Å². The molecule has 0 saturated heterocycles. The average molecular weight is 400 g/mol. The Morgan fingerprint density at radius 3 is 2.70 bits per heavy atom. The normalized spacial score (nSPS) is 31.5. The number of hydrogen-bond acceptors (Lipinski definition) is 5. The summed E-state index contributed by atoms with van der Waals surface area (Å²) in [6.07, 6.45) is -4.67. The van der Waals surface area contributed by atoms with Crippen LogP contribution in [0.1, 0.15) is 12.5 Å². The van der Waals surface area contributed by atoms with Crippen molar-refractivity contribution in [2.75, 3.05) is 6.61 Å². The number of halogens is 6. The molecule has 0 spiro atoms. The summed E-state index contributed by atoms with van der Waals surface area (Å²) < 4.78 is 92.4. The van der Waals surface area contributed by atoms with Crippen LogP contribution in [0.5, 0.6) is 5.75 Å². The summed E-state index contributed by atoms with van der Waals surface area (Å²) in [7, 11) is -12.2. The van der Waals surface area contributed by atoms with Crippen LogP contribution in [0.4, 0.5) is 25.8 Å². The maximum atomic E-state index is 14.5. The molecule has 0 radical (unpaired) electrons. The number of nitrogens with one attached hydrogen (secondary N) is 2. The molecule has 130 valence electrons. The summed E-state index contributed by atoms with van der Waals surface area (Å²) in [6.45, 7) is 1.20. The van der Waals surface area contributed by atoms with Crippen LogP contribution in [0, 0.1) is 0 Å². The number of alkyl halides is 3. The molecular formula is C9H11F6N3O2P3+. The summed E-state index contributed by atoms with van der Waals surface area (Å²) >= 11 is 0. The largest absolute Gasteiger partial charge is 0.546 e. The van der Waals surface area contributed by atoms with E-state index in [-0.39, 0.29) is 6.61 Å². The first-order chi connectivity index (χ1) is 10.6. The lowest BCUT2D eigenvalue weighted by atomic mass is 10.2. The zero-order valence-corrected chi connectivity index (χ0v) is 14.1. The highest BCUT2D eigenvalue weighted by atomic mass is 31.3. The maximum Gasteiger partial charge on any atom is 0.546 e. The van der Waals surface area contributed by atoms with Gasteiger partial charge in [-0.05, 0) is 30.0 Å². The van der Waals surface area contributed by atoms with Gasteiger partial charge in [0.1, 0.15) is 5.75 Å². The molecule has 3 unspecified atom stereocenters. The van der Waals surface area contributed by atoms with Crippen molar-refractivity contribution in [1.82, 2.24) is 9.72 Å². The van der Waals surface area contributed by atoms with Crippen LogP contribution in [-0.2, 0) is 10.7 Å². The Morgan fingerprint density at radius 2 is 2.09 bits per heavy atom. The van der Waals surface area contributed by atoms with E-state index >= 15 is 0 Å². The zero-order valence-electron chi connectivity index (χ0n) is 11.4. The summed E-state index contributed by atoms with van der Waals surface area (Å²) in [4.78, 5) is 3.42.